The number of ether oxygens (including phenoxy) is 1. The molecule has 2 aromatic heterocycles. The third-order valence-electron chi connectivity index (χ3n) is 4.81. The monoisotopic (exact) mass is 333 g/mol. The van der Waals surface area contributed by atoms with Crippen LogP contribution in [0.2, 0.25) is 0 Å². The lowest BCUT2D eigenvalue weighted by atomic mass is 9.96. The van der Waals surface area contributed by atoms with Crippen LogP contribution in [0.5, 0.6) is 0 Å². The summed E-state index contributed by atoms with van der Waals surface area (Å²) >= 11 is 0. The van der Waals surface area contributed by atoms with Gasteiger partial charge in [0.1, 0.15) is 19.2 Å². The summed E-state index contributed by atoms with van der Waals surface area (Å²) < 4.78 is 7.05. The standard InChI is InChI=1S/C19H20BN3O2/c1-23-10-16(20)14-8-13(5-6-17(14)23)22-18-15(19(24)25-2)7-12(9-21-18)11-3-4-11/h5-11H,3-4,20H2,1-2H3,(H,21,22). The van der Waals surface area contributed by atoms with Crippen LogP contribution in [-0.4, -0.2) is 30.5 Å². The molecule has 0 bridgehead atoms. The fourth-order valence-corrected chi connectivity index (χ4v) is 3.29. The predicted molar refractivity (Wildman–Crippen MR) is 102 cm³/mol. The van der Waals surface area contributed by atoms with Crippen LogP contribution < -0.4 is 10.8 Å². The molecule has 1 saturated carbocycles. The number of nitrogens with zero attached hydrogens (tertiary/aromatic N) is 2. The summed E-state index contributed by atoms with van der Waals surface area (Å²) in [6.45, 7) is 0. The molecule has 1 fully saturated rings. The number of aromatic nitrogens is 2. The summed E-state index contributed by atoms with van der Waals surface area (Å²) in [5, 5.41) is 4.46. The molecule has 1 N–H and O–H groups in total. The average Bonchev–Trinajstić information content (AvgIpc) is 3.42. The van der Waals surface area contributed by atoms with Crippen LogP contribution in [0.1, 0.15) is 34.7 Å². The van der Waals surface area contributed by atoms with Gasteiger partial charge in [-0.1, -0.05) is 5.46 Å². The lowest BCUT2D eigenvalue weighted by molar-refractivity contribution is 0.0601. The third-order valence-corrected chi connectivity index (χ3v) is 4.81. The van der Waals surface area contributed by atoms with Gasteiger partial charge in [0.05, 0.1) is 7.11 Å². The van der Waals surface area contributed by atoms with Gasteiger partial charge in [0.25, 0.3) is 0 Å². The van der Waals surface area contributed by atoms with Gasteiger partial charge >= 0.3 is 5.97 Å². The molecule has 3 aromatic rings. The predicted octanol–water partition coefficient (Wildman–Crippen LogP) is 2.24. The average molecular weight is 333 g/mol. The summed E-state index contributed by atoms with van der Waals surface area (Å²) in [6.07, 6.45) is 6.30. The Kier molecular flexibility index (Phi) is 3.75. The smallest absolute Gasteiger partial charge is 0.341 e. The minimum absolute atomic E-state index is 0.366. The van der Waals surface area contributed by atoms with E-state index in [1.165, 1.54) is 36.3 Å². The van der Waals surface area contributed by atoms with Gasteiger partial charge in [-0.3, -0.25) is 0 Å². The highest BCUT2D eigenvalue weighted by Gasteiger charge is 2.26. The molecule has 0 saturated heterocycles. The van der Waals surface area contributed by atoms with E-state index in [2.05, 4.69) is 41.0 Å². The van der Waals surface area contributed by atoms with Gasteiger partial charge < -0.3 is 14.6 Å². The molecule has 1 aliphatic carbocycles. The number of anilines is 2. The Balaban J connectivity index is 1.72. The molecule has 126 valence electrons. The van der Waals surface area contributed by atoms with Gasteiger partial charge in [-0.2, -0.15) is 0 Å². The molecular formula is C19H20BN3O2. The first-order valence-electron chi connectivity index (χ1n) is 8.48. The maximum Gasteiger partial charge on any atom is 0.341 e. The first-order valence-corrected chi connectivity index (χ1v) is 8.48. The van der Waals surface area contributed by atoms with Gasteiger partial charge in [-0.05, 0) is 60.2 Å². The van der Waals surface area contributed by atoms with Crippen LogP contribution in [0.15, 0.2) is 36.7 Å². The van der Waals surface area contributed by atoms with Crippen LogP contribution in [0.3, 0.4) is 0 Å². The second-order valence-corrected chi connectivity index (χ2v) is 6.71. The van der Waals surface area contributed by atoms with E-state index in [1.807, 2.05) is 25.4 Å². The number of nitrogens with one attached hydrogen (secondary N) is 1. The molecule has 0 aliphatic heterocycles. The molecule has 1 aliphatic rings. The van der Waals surface area contributed by atoms with Crippen molar-refractivity contribution in [1.29, 1.82) is 0 Å². The minimum Gasteiger partial charge on any atom is -0.465 e. The van der Waals surface area contributed by atoms with E-state index in [0.717, 1.165) is 11.3 Å². The van der Waals surface area contributed by atoms with Crippen LogP contribution in [0.4, 0.5) is 11.5 Å². The summed E-state index contributed by atoms with van der Waals surface area (Å²) in [5.41, 5.74) is 4.88. The highest BCUT2D eigenvalue weighted by molar-refractivity contribution is 6.39. The number of aryl methyl sites for hydroxylation is 1. The topological polar surface area (TPSA) is 56.2 Å². The number of carbonyl (C=O) groups excluding carboxylic acids is 1. The fourth-order valence-electron chi connectivity index (χ4n) is 3.29. The molecule has 25 heavy (non-hydrogen) atoms. The molecule has 6 heteroatoms. The Labute approximate surface area is 147 Å². The quantitative estimate of drug-likeness (QED) is 0.588. The van der Waals surface area contributed by atoms with Crippen molar-refractivity contribution in [1.82, 2.24) is 9.55 Å². The number of esters is 1. The second kappa shape index (κ2) is 5.95. The van der Waals surface area contributed by atoms with E-state index >= 15 is 0 Å². The van der Waals surface area contributed by atoms with E-state index in [1.54, 1.807) is 0 Å². The van der Waals surface area contributed by atoms with Crippen molar-refractivity contribution in [2.45, 2.75) is 18.8 Å². The van der Waals surface area contributed by atoms with Crippen molar-refractivity contribution in [3.63, 3.8) is 0 Å². The van der Waals surface area contributed by atoms with Crippen molar-refractivity contribution in [2.75, 3.05) is 12.4 Å². The number of methoxy groups -OCH3 is 1. The number of carbonyl (C=O) groups is 1. The molecule has 0 atom stereocenters. The number of hydrogen-bond acceptors (Lipinski definition) is 4. The van der Waals surface area contributed by atoms with Gasteiger partial charge in [-0.25, -0.2) is 9.78 Å². The zero-order valence-corrected chi connectivity index (χ0v) is 14.7. The summed E-state index contributed by atoms with van der Waals surface area (Å²) in [5.74, 6) is 0.701. The van der Waals surface area contributed by atoms with Crippen molar-refractivity contribution in [3.8, 4) is 0 Å². The van der Waals surface area contributed by atoms with Crippen molar-refractivity contribution in [2.24, 2.45) is 7.05 Å². The Morgan fingerprint density at radius 3 is 2.88 bits per heavy atom. The number of benzene rings is 1. The van der Waals surface area contributed by atoms with Crippen molar-refractivity contribution >= 4 is 41.7 Å². The van der Waals surface area contributed by atoms with Gasteiger partial charge in [0.15, 0.2) is 0 Å². The molecular weight excluding hydrogens is 313 g/mol. The highest BCUT2D eigenvalue weighted by atomic mass is 16.5. The van der Waals surface area contributed by atoms with E-state index in [0.29, 0.717) is 17.3 Å². The molecule has 4 rings (SSSR count). The molecule has 1 aromatic carbocycles. The zero-order chi connectivity index (χ0) is 17.6. The second-order valence-electron chi connectivity index (χ2n) is 6.71. The van der Waals surface area contributed by atoms with Crippen LogP contribution in [0, 0.1) is 0 Å². The number of hydrogen-bond donors (Lipinski definition) is 1. The number of rotatable bonds is 4. The summed E-state index contributed by atoms with van der Waals surface area (Å²) in [6, 6.07) is 8.06. The Morgan fingerprint density at radius 2 is 2.16 bits per heavy atom. The number of fused-ring (bicyclic) bond motifs is 1. The zero-order valence-electron chi connectivity index (χ0n) is 14.7. The summed E-state index contributed by atoms with van der Waals surface area (Å²) in [4.78, 5) is 16.7. The highest BCUT2D eigenvalue weighted by Crippen LogP contribution is 2.40. The van der Waals surface area contributed by atoms with E-state index in [-0.39, 0.29) is 5.97 Å². The molecule has 0 amide bonds. The minimum atomic E-state index is -0.366. The van der Waals surface area contributed by atoms with Crippen LogP contribution in [-0.2, 0) is 11.8 Å². The molecule has 0 radical (unpaired) electrons. The maximum atomic E-state index is 12.2. The van der Waals surface area contributed by atoms with Crippen molar-refractivity contribution in [3.05, 3.63) is 47.8 Å². The van der Waals surface area contributed by atoms with Crippen LogP contribution in [0.25, 0.3) is 10.9 Å². The Bertz CT molecular complexity index is 976. The lowest BCUT2D eigenvalue weighted by Gasteiger charge is -2.12. The van der Waals surface area contributed by atoms with E-state index < -0.39 is 0 Å². The Hall–Kier alpha value is -2.76. The molecule has 0 spiro atoms. The van der Waals surface area contributed by atoms with Gasteiger partial charge in [-0.15, -0.1) is 0 Å². The Morgan fingerprint density at radius 1 is 1.36 bits per heavy atom. The molecule has 2 heterocycles. The summed E-state index contributed by atoms with van der Waals surface area (Å²) in [7, 11) is 5.53. The van der Waals surface area contributed by atoms with Crippen molar-refractivity contribution < 1.29 is 9.53 Å². The first-order chi connectivity index (χ1) is 12.1. The first kappa shape index (κ1) is 15.8. The SMILES string of the molecule is Bc1cn(C)c2ccc(Nc3ncc(C4CC4)cc3C(=O)OC)cc12. The van der Waals surface area contributed by atoms with E-state index in [4.69, 9.17) is 4.74 Å². The third kappa shape index (κ3) is 2.88. The maximum absolute atomic E-state index is 12.2. The normalized spacial score (nSPS) is 13.8. The lowest BCUT2D eigenvalue weighted by Crippen LogP contribution is -2.08. The van der Waals surface area contributed by atoms with Crippen LogP contribution >= 0.6 is 0 Å². The molecule has 0 unspecified atom stereocenters. The van der Waals surface area contributed by atoms with E-state index in [9.17, 15) is 4.79 Å². The van der Waals surface area contributed by atoms with Gasteiger partial charge in [0, 0.05) is 24.4 Å². The fraction of sp³-hybridized carbons (Fsp3) is 0.263. The largest absolute Gasteiger partial charge is 0.465 e. The molecule has 5 nitrogen and oxygen atoms in total. The number of pyridine rings is 1. The van der Waals surface area contributed by atoms with Gasteiger partial charge in [0.2, 0.25) is 0 Å².